The number of carbonyl (C=O) groups excluding carboxylic acids is 1. The Hall–Kier alpha value is 0.430. The van der Waals surface area contributed by atoms with Crippen LogP contribution in [-0.2, 0) is 9.53 Å². The summed E-state index contributed by atoms with van der Waals surface area (Å²) >= 11 is 0. The zero-order valence-electron chi connectivity index (χ0n) is 12.4. The van der Waals surface area contributed by atoms with Crippen LogP contribution < -0.4 is 29.6 Å². The summed E-state index contributed by atoms with van der Waals surface area (Å²) in [7, 11) is 0. The molecular formula is C14H28NaO3+. The third kappa shape index (κ3) is 16.4. The number of hydrogen-bond acceptors (Lipinski definition) is 3. The van der Waals surface area contributed by atoms with Crippen molar-refractivity contribution in [3.8, 4) is 0 Å². The van der Waals surface area contributed by atoms with E-state index >= 15 is 0 Å². The Morgan fingerprint density at radius 3 is 2.06 bits per heavy atom. The fourth-order valence-corrected chi connectivity index (χ4v) is 1.81. The van der Waals surface area contributed by atoms with Crippen LogP contribution in [0.4, 0.5) is 0 Å². The van der Waals surface area contributed by atoms with E-state index in [9.17, 15) is 9.90 Å². The first kappa shape index (κ1) is 20.7. The molecule has 0 saturated carbocycles. The summed E-state index contributed by atoms with van der Waals surface area (Å²) in [6.07, 6.45) is 10.3. The van der Waals surface area contributed by atoms with Crippen molar-refractivity contribution in [1.29, 1.82) is 0 Å². The van der Waals surface area contributed by atoms with E-state index in [1.54, 1.807) is 0 Å². The van der Waals surface area contributed by atoms with E-state index in [1.807, 2.05) is 0 Å². The average molecular weight is 267 g/mol. The standard InChI is InChI=1S/C14H28O3.Na/c1-3-4-5-6-7-8-9-10-11-14(16)12-17-13(2)15;/h14,16H,3-12H2,1-2H3;/q;+1. The molecule has 0 rings (SSSR count). The van der Waals surface area contributed by atoms with Gasteiger partial charge in [-0.05, 0) is 6.42 Å². The maximum Gasteiger partial charge on any atom is 1.00 e. The molecule has 1 atom stereocenters. The largest absolute Gasteiger partial charge is 1.00 e. The van der Waals surface area contributed by atoms with E-state index in [1.165, 1.54) is 51.9 Å². The van der Waals surface area contributed by atoms with Gasteiger partial charge in [-0.2, -0.15) is 0 Å². The van der Waals surface area contributed by atoms with Crippen LogP contribution >= 0.6 is 0 Å². The Morgan fingerprint density at radius 1 is 1.06 bits per heavy atom. The molecule has 0 bridgehead atoms. The molecule has 1 unspecified atom stereocenters. The molecule has 18 heavy (non-hydrogen) atoms. The molecule has 0 saturated heterocycles. The topological polar surface area (TPSA) is 46.5 Å². The van der Waals surface area contributed by atoms with Crippen LogP contribution in [0.2, 0.25) is 0 Å². The second-order valence-electron chi connectivity index (χ2n) is 4.72. The predicted molar refractivity (Wildman–Crippen MR) is 69.9 cm³/mol. The number of aliphatic hydroxyl groups is 1. The van der Waals surface area contributed by atoms with Crippen LogP contribution in [0, 0.1) is 0 Å². The second-order valence-corrected chi connectivity index (χ2v) is 4.72. The maximum atomic E-state index is 10.5. The SMILES string of the molecule is CCCCCCCCCCC(O)COC(C)=O.[Na+]. The summed E-state index contributed by atoms with van der Waals surface area (Å²) in [5, 5.41) is 9.49. The van der Waals surface area contributed by atoms with Gasteiger partial charge in [0.2, 0.25) is 0 Å². The summed E-state index contributed by atoms with van der Waals surface area (Å²) in [5.74, 6) is -0.319. The van der Waals surface area contributed by atoms with Gasteiger partial charge >= 0.3 is 35.5 Å². The molecule has 0 aromatic rings. The van der Waals surface area contributed by atoms with Crippen LogP contribution in [-0.4, -0.2) is 23.8 Å². The van der Waals surface area contributed by atoms with Crippen molar-refractivity contribution in [3.05, 3.63) is 0 Å². The normalized spacial score (nSPS) is 11.7. The number of esters is 1. The van der Waals surface area contributed by atoms with Gasteiger partial charge in [-0.15, -0.1) is 0 Å². The number of unbranched alkanes of at least 4 members (excludes halogenated alkanes) is 7. The van der Waals surface area contributed by atoms with Gasteiger partial charge in [0, 0.05) is 6.92 Å². The molecule has 0 aromatic heterocycles. The van der Waals surface area contributed by atoms with E-state index in [2.05, 4.69) is 6.92 Å². The van der Waals surface area contributed by atoms with Crippen molar-refractivity contribution in [3.63, 3.8) is 0 Å². The van der Waals surface area contributed by atoms with Crippen LogP contribution in [0.3, 0.4) is 0 Å². The Morgan fingerprint density at radius 2 is 1.56 bits per heavy atom. The molecule has 0 aromatic carbocycles. The number of aliphatic hydroxyl groups excluding tert-OH is 1. The first-order valence-electron chi connectivity index (χ1n) is 6.98. The Balaban J connectivity index is 0. The van der Waals surface area contributed by atoms with Gasteiger partial charge in [0.1, 0.15) is 6.61 Å². The number of rotatable bonds is 11. The Bertz CT molecular complexity index is 186. The molecule has 0 aliphatic rings. The molecule has 0 spiro atoms. The van der Waals surface area contributed by atoms with Crippen LogP contribution in [0.15, 0.2) is 0 Å². The molecule has 0 aliphatic heterocycles. The van der Waals surface area contributed by atoms with Gasteiger partial charge < -0.3 is 9.84 Å². The Labute approximate surface area is 134 Å². The molecule has 3 nitrogen and oxygen atoms in total. The zero-order chi connectivity index (χ0) is 12.9. The smallest absolute Gasteiger partial charge is 0.463 e. The molecule has 102 valence electrons. The van der Waals surface area contributed by atoms with Gasteiger partial charge in [-0.1, -0.05) is 58.3 Å². The third-order valence-corrected chi connectivity index (χ3v) is 2.87. The minimum atomic E-state index is -0.487. The monoisotopic (exact) mass is 267 g/mol. The van der Waals surface area contributed by atoms with Gasteiger partial charge in [-0.25, -0.2) is 0 Å². The molecule has 0 fully saturated rings. The number of carbonyl (C=O) groups is 1. The minimum absolute atomic E-state index is 0. The summed E-state index contributed by atoms with van der Waals surface area (Å²) in [4.78, 5) is 10.5. The van der Waals surface area contributed by atoms with Crippen LogP contribution in [0.25, 0.3) is 0 Å². The second kappa shape index (κ2) is 15.5. The molecule has 1 N–H and O–H groups in total. The van der Waals surface area contributed by atoms with Crippen molar-refractivity contribution in [2.75, 3.05) is 6.61 Å². The van der Waals surface area contributed by atoms with Gasteiger partial charge in [-0.3, -0.25) is 4.79 Å². The summed E-state index contributed by atoms with van der Waals surface area (Å²) in [5.41, 5.74) is 0. The first-order valence-corrected chi connectivity index (χ1v) is 6.98. The Kier molecular flexibility index (Phi) is 17.8. The molecule has 0 radical (unpaired) electrons. The minimum Gasteiger partial charge on any atom is -0.463 e. The maximum absolute atomic E-state index is 10.5. The van der Waals surface area contributed by atoms with E-state index in [0.29, 0.717) is 0 Å². The molecule has 0 heterocycles. The molecule has 0 amide bonds. The van der Waals surface area contributed by atoms with Crippen LogP contribution in [0.5, 0.6) is 0 Å². The van der Waals surface area contributed by atoms with Crippen molar-refractivity contribution in [2.24, 2.45) is 0 Å². The third-order valence-electron chi connectivity index (χ3n) is 2.87. The fraction of sp³-hybridized carbons (Fsp3) is 0.929. The van der Waals surface area contributed by atoms with E-state index < -0.39 is 6.10 Å². The molecular weight excluding hydrogens is 239 g/mol. The van der Waals surface area contributed by atoms with Crippen molar-refractivity contribution < 1.29 is 44.2 Å². The van der Waals surface area contributed by atoms with Crippen molar-refractivity contribution >= 4 is 5.97 Å². The van der Waals surface area contributed by atoms with Crippen molar-refractivity contribution in [1.82, 2.24) is 0 Å². The van der Waals surface area contributed by atoms with E-state index in [0.717, 1.165) is 12.8 Å². The summed E-state index contributed by atoms with van der Waals surface area (Å²) in [6.45, 7) is 3.74. The van der Waals surface area contributed by atoms with Gasteiger partial charge in [0.15, 0.2) is 0 Å². The van der Waals surface area contributed by atoms with Crippen LogP contribution in [0.1, 0.15) is 71.6 Å². The van der Waals surface area contributed by atoms with E-state index in [4.69, 9.17) is 4.74 Å². The van der Waals surface area contributed by atoms with Gasteiger partial charge in [0.05, 0.1) is 6.10 Å². The average Bonchev–Trinajstić information content (AvgIpc) is 2.30. The quantitative estimate of drug-likeness (QED) is 0.336. The first-order chi connectivity index (χ1) is 8.16. The summed E-state index contributed by atoms with van der Waals surface area (Å²) < 4.78 is 4.74. The fourth-order valence-electron chi connectivity index (χ4n) is 1.81. The van der Waals surface area contributed by atoms with Gasteiger partial charge in [0.25, 0.3) is 0 Å². The number of ether oxygens (including phenoxy) is 1. The molecule has 4 heteroatoms. The zero-order valence-corrected chi connectivity index (χ0v) is 14.4. The number of hydrogen-bond donors (Lipinski definition) is 1. The molecule has 0 aliphatic carbocycles. The summed E-state index contributed by atoms with van der Waals surface area (Å²) in [6, 6.07) is 0. The predicted octanol–water partition coefficient (Wildman–Crippen LogP) is 0.445. The van der Waals surface area contributed by atoms with E-state index in [-0.39, 0.29) is 42.1 Å². The van der Waals surface area contributed by atoms with Crippen molar-refractivity contribution in [2.45, 2.75) is 77.7 Å².